The normalized spacial score (nSPS) is 15.5. The molecule has 0 spiro atoms. The molecular formula is C22H22F3N3O4S2. The van der Waals surface area contributed by atoms with Gasteiger partial charge in [0.25, 0.3) is 5.91 Å². The predicted molar refractivity (Wildman–Crippen MR) is 123 cm³/mol. The smallest absolute Gasteiger partial charge is 0.379 e. The summed E-state index contributed by atoms with van der Waals surface area (Å²) in [5.41, 5.74) is -0.812. The molecule has 182 valence electrons. The molecule has 1 aromatic heterocycles. The van der Waals surface area contributed by atoms with Crippen molar-refractivity contribution in [1.82, 2.24) is 9.88 Å². The topological polar surface area (TPSA) is 79.8 Å². The Balaban J connectivity index is 1.73. The SMILES string of the molecule is CS(=O)(=O)c1cccc2sc(N(CCN3CCOCC3)C(=O)c3cccc(C(F)(F)F)c3)nc12. The molecule has 4 rings (SSSR count). The Morgan fingerprint density at radius 2 is 1.88 bits per heavy atom. The molecule has 0 aliphatic carbocycles. The number of hydrogen-bond donors (Lipinski definition) is 0. The zero-order chi connectivity index (χ0) is 24.5. The molecule has 7 nitrogen and oxygen atoms in total. The summed E-state index contributed by atoms with van der Waals surface area (Å²) in [5, 5.41) is 0.224. The molecule has 0 saturated carbocycles. The van der Waals surface area contributed by atoms with Crippen molar-refractivity contribution in [3.63, 3.8) is 0 Å². The lowest BCUT2D eigenvalue weighted by Crippen LogP contribution is -2.43. The molecule has 3 aromatic rings. The summed E-state index contributed by atoms with van der Waals surface area (Å²) in [6.07, 6.45) is -3.51. The highest BCUT2D eigenvalue weighted by Crippen LogP contribution is 2.34. The summed E-state index contributed by atoms with van der Waals surface area (Å²) in [6, 6.07) is 8.97. The molecular weight excluding hydrogens is 491 g/mol. The second-order valence-electron chi connectivity index (χ2n) is 7.86. The van der Waals surface area contributed by atoms with E-state index in [2.05, 4.69) is 9.88 Å². The molecule has 1 fully saturated rings. The van der Waals surface area contributed by atoms with E-state index in [1.807, 2.05) is 0 Å². The third-order valence-electron chi connectivity index (χ3n) is 5.43. The Morgan fingerprint density at radius 3 is 2.56 bits per heavy atom. The van der Waals surface area contributed by atoms with Gasteiger partial charge in [-0.2, -0.15) is 13.2 Å². The number of sulfone groups is 1. The van der Waals surface area contributed by atoms with Gasteiger partial charge in [0.2, 0.25) is 0 Å². The van der Waals surface area contributed by atoms with Crippen LogP contribution in [0, 0.1) is 0 Å². The number of nitrogens with zero attached hydrogens (tertiary/aromatic N) is 3. The van der Waals surface area contributed by atoms with E-state index in [-0.39, 0.29) is 27.7 Å². The fourth-order valence-electron chi connectivity index (χ4n) is 3.66. The largest absolute Gasteiger partial charge is 0.416 e. The maximum absolute atomic E-state index is 13.4. The second kappa shape index (κ2) is 9.61. The molecule has 1 amide bonds. The van der Waals surface area contributed by atoms with Crippen LogP contribution in [-0.2, 0) is 20.8 Å². The van der Waals surface area contributed by atoms with Crippen molar-refractivity contribution in [1.29, 1.82) is 0 Å². The minimum absolute atomic E-state index is 0.0344. The van der Waals surface area contributed by atoms with Crippen molar-refractivity contribution in [2.75, 3.05) is 50.5 Å². The van der Waals surface area contributed by atoms with E-state index in [0.717, 1.165) is 29.7 Å². The zero-order valence-electron chi connectivity index (χ0n) is 18.2. The molecule has 1 aliphatic rings. The molecule has 2 heterocycles. The van der Waals surface area contributed by atoms with Gasteiger partial charge in [-0.15, -0.1) is 0 Å². The first-order valence-electron chi connectivity index (χ1n) is 10.4. The Labute approximate surface area is 198 Å². The van der Waals surface area contributed by atoms with Crippen LogP contribution in [0.4, 0.5) is 18.3 Å². The summed E-state index contributed by atoms with van der Waals surface area (Å²) in [5.74, 6) is -0.640. The maximum Gasteiger partial charge on any atom is 0.416 e. The average Bonchev–Trinajstić information content (AvgIpc) is 3.22. The van der Waals surface area contributed by atoms with Gasteiger partial charge >= 0.3 is 6.18 Å². The highest BCUT2D eigenvalue weighted by molar-refractivity contribution is 7.91. The van der Waals surface area contributed by atoms with E-state index in [0.29, 0.717) is 37.5 Å². The van der Waals surface area contributed by atoms with Crippen LogP contribution < -0.4 is 4.90 Å². The number of carbonyl (C=O) groups is 1. The highest BCUT2D eigenvalue weighted by atomic mass is 32.2. The Morgan fingerprint density at radius 1 is 1.18 bits per heavy atom. The van der Waals surface area contributed by atoms with E-state index in [9.17, 15) is 26.4 Å². The van der Waals surface area contributed by atoms with Crippen LogP contribution in [0.1, 0.15) is 15.9 Å². The summed E-state index contributed by atoms with van der Waals surface area (Å²) in [6.45, 7) is 3.08. The molecule has 0 N–H and O–H groups in total. The lowest BCUT2D eigenvalue weighted by molar-refractivity contribution is -0.137. The average molecular weight is 514 g/mol. The number of thiazole rings is 1. The second-order valence-corrected chi connectivity index (χ2v) is 10.9. The number of rotatable bonds is 6. The highest BCUT2D eigenvalue weighted by Gasteiger charge is 2.32. The Kier molecular flexibility index (Phi) is 6.94. The molecule has 0 atom stereocenters. The first-order valence-corrected chi connectivity index (χ1v) is 13.1. The summed E-state index contributed by atoms with van der Waals surface area (Å²) in [7, 11) is -3.57. The first-order chi connectivity index (χ1) is 16.0. The predicted octanol–water partition coefficient (Wildman–Crippen LogP) is 3.70. The van der Waals surface area contributed by atoms with Crippen molar-refractivity contribution in [3.05, 3.63) is 53.6 Å². The van der Waals surface area contributed by atoms with Crippen LogP contribution in [0.3, 0.4) is 0 Å². The van der Waals surface area contributed by atoms with Crippen LogP contribution in [0.15, 0.2) is 47.4 Å². The minimum atomic E-state index is -4.59. The van der Waals surface area contributed by atoms with E-state index >= 15 is 0 Å². The van der Waals surface area contributed by atoms with Gasteiger partial charge < -0.3 is 4.74 Å². The molecule has 1 saturated heterocycles. The fourth-order valence-corrected chi connectivity index (χ4v) is 5.57. The molecule has 2 aromatic carbocycles. The van der Waals surface area contributed by atoms with Crippen LogP contribution in [0.2, 0.25) is 0 Å². The van der Waals surface area contributed by atoms with Crippen LogP contribution >= 0.6 is 11.3 Å². The number of ether oxygens (including phenoxy) is 1. The third-order valence-corrected chi connectivity index (χ3v) is 7.60. The monoisotopic (exact) mass is 513 g/mol. The number of carbonyl (C=O) groups excluding carboxylic acids is 1. The Hall–Kier alpha value is -2.54. The number of morpholine rings is 1. The number of benzene rings is 2. The van der Waals surface area contributed by atoms with Gasteiger partial charge in [0.15, 0.2) is 15.0 Å². The molecule has 1 aliphatic heterocycles. The maximum atomic E-state index is 13.4. The standard InChI is InChI=1S/C22H22F3N3O4S2/c1-34(30,31)18-7-3-6-17-19(18)26-21(33-17)28(9-8-27-10-12-32-13-11-27)20(29)15-4-2-5-16(14-15)22(23,24)25/h2-7,14H,8-13H2,1H3. The fraction of sp³-hybridized carbons (Fsp3) is 0.364. The summed E-state index contributed by atoms with van der Waals surface area (Å²) in [4.78, 5) is 21.3. The molecule has 0 bridgehead atoms. The Bertz CT molecular complexity index is 1300. The lowest BCUT2D eigenvalue weighted by Gasteiger charge is -2.29. The minimum Gasteiger partial charge on any atom is -0.379 e. The van der Waals surface area contributed by atoms with Crippen LogP contribution in [0.25, 0.3) is 10.2 Å². The number of fused-ring (bicyclic) bond motifs is 1. The number of halogens is 3. The van der Waals surface area contributed by atoms with Gasteiger partial charge in [0, 0.05) is 38.0 Å². The van der Waals surface area contributed by atoms with E-state index in [4.69, 9.17) is 4.74 Å². The number of anilines is 1. The van der Waals surface area contributed by atoms with Crippen molar-refractivity contribution in [2.45, 2.75) is 11.1 Å². The number of para-hydroxylation sites is 1. The number of alkyl halides is 3. The first kappa shape index (κ1) is 24.6. The van der Waals surface area contributed by atoms with Gasteiger partial charge in [-0.05, 0) is 30.3 Å². The molecule has 0 radical (unpaired) electrons. The number of hydrogen-bond acceptors (Lipinski definition) is 7. The van der Waals surface area contributed by atoms with Crippen LogP contribution in [-0.4, -0.2) is 69.9 Å². The molecule has 34 heavy (non-hydrogen) atoms. The number of aromatic nitrogens is 1. The quantitative estimate of drug-likeness (QED) is 0.500. The summed E-state index contributed by atoms with van der Waals surface area (Å²) >= 11 is 1.12. The lowest BCUT2D eigenvalue weighted by atomic mass is 10.1. The third kappa shape index (κ3) is 5.40. The van der Waals surface area contributed by atoms with Gasteiger partial charge in [0.1, 0.15) is 5.52 Å². The molecule has 0 unspecified atom stereocenters. The summed E-state index contributed by atoms with van der Waals surface area (Å²) < 4.78 is 70.0. The van der Waals surface area contributed by atoms with Gasteiger partial charge in [-0.3, -0.25) is 14.6 Å². The van der Waals surface area contributed by atoms with Crippen molar-refractivity contribution in [3.8, 4) is 0 Å². The number of amides is 1. The van der Waals surface area contributed by atoms with Crippen molar-refractivity contribution < 1.29 is 31.1 Å². The zero-order valence-corrected chi connectivity index (χ0v) is 19.8. The van der Waals surface area contributed by atoms with Crippen molar-refractivity contribution in [2.24, 2.45) is 0 Å². The van der Waals surface area contributed by atoms with Crippen molar-refractivity contribution >= 4 is 42.4 Å². The van der Waals surface area contributed by atoms with Crippen LogP contribution in [0.5, 0.6) is 0 Å². The van der Waals surface area contributed by atoms with Gasteiger partial charge in [-0.25, -0.2) is 13.4 Å². The van der Waals surface area contributed by atoms with E-state index < -0.39 is 27.5 Å². The molecule has 12 heteroatoms. The van der Waals surface area contributed by atoms with E-state index in [1.54, 1.807) is 12.1 Å². The van der Waals surface area contributed by atoms with E-state index in [1.165, 1.54) is 23.1 Å². The van der Waals surface area contributed by atoms with Gasteiger partial charge in [-0.1, -0.05) is 23.5 Å². The van der Waals surface area contributed by atoms with Gasteiger partial charge in [0.05, 0.1) is 28.4 Å².